The smallest absolute Gasteiger partial charge is 0.409 e. The second-order valence-corrected chi connectivity index (χ2v) is 6.57. The number of amides is 3. The molecule has 0 radical (unpaired) electrons. The fourth-order valence-electron chi connectivity index (χ4n) is 3.23. The Balaban J connectivity index is 1.89. The molecule has 1 heterocycles. The van der Waals surface area contributed by atoms with Crippen LogP contribution in [-0.4, -0.2) is 66.6 Å². The molecule has 1 aliphatic rings. The maximum Gasteiger partial charge on any atom is 0.409 e. The number of carbonyl (C=O) groups is 3. The normalized spacial score (nSPS) is 14.3. The lowest BCUT2D eigenvalue weighted by atomic mass is 10.0. The highest BCUT2D eigenvalue weighted by Crippen LogP contribution is 2.19. The molecule has 8 nitrogen and oxygen atoms in total. The number of benzene rings is 1. The van der Waals surface area contributed by atoms with Gasteiger partial charge in [0, 0.05) is 31.7 Å². The number of ether oxygens (including phenoxy) is 2. The van der Waals surface area contributed by atoms with Crippen LogP contribution in [-0.2, 0) is 14.3 Å². The van der Waals surface area contributed by atoms with E-state index in [4.69, 9.17) is 9.47 Å². The number of piperidine rings is 1. The van der Waals surface area contributed by atoms with E-state index in [-0.39, 0.29) is 30.5 Å². The van der Waals surface area contributed by atoms with Gasteiger partial charge in [-0.1, -0.05) is 0 Å². The Kier molecular flexibility index (Phi) is 8.10. The minimum absolute atomic E-state index is 0.0212. The van der Waals surface area contributed by atoms with E-state index in [0.29, 0.717) is 44.8 Å². The summed E-state index contributed by atoms with van der Waals surface area (Å²) >= 11 is 0. The molecular weight excluding hydrogens is 362 g/mol. The molecule has 154 valence electrons. The van der Waals surface area contributed by atoms with Crippen LogP contribution in [0.5, 0.6) is 5.75 Å². The van der Waals surface area contributed by atoms with Crippen LogP contribution in [0.4, 0.5) is 10.5 Å². The zero-order chi connectivity index (χ0) is 20.5. The third kappa shape index (κ3) is 6.14. The van der Waals surface area contributed by atoms with Crippen molar-refractivity contribution >= 4 is 23.6 Å². The SMILES string of the molecule is CCOC(=O)N1CCC(N(CC(=O)Nc2ccc(OCC)cc2)C(C)=O)CC1. The van der Waals surface area contributed by atoms with Crippen LogP contribution in [0.3, 0.4) is 0 Å². The zero-order valence-electron chi connectivity index (χ0n) is 16.8. The van der Waals surface area contributed by atoms with Gasteiger partial charge in [0.15, 0.2) is 0 Å². The molecule has 1 saturated heterocycles. The standard InChI is InChI=1S/C20H29N3O5/c1-4-27-18-8-6-16(7-9-18)21-19(25)14-23(15(3)24)17-10-12-22(13-11-17)20(26)28-5-2/h6-9,17H,4-5,10-14H2,1-3H3,(H,21,25). The lowest BCUT2D eigenvalue weighted by Crippen LogP contribution is -2.50. The molecule has 2 rings (SSSR count). The van der Waals surface area contributed by atoms with Crippen LogP contribution < -0.4 is 10.1 Å². The van der Waals surface area contributed by atoms with E-state index in [1.54, 1.807) is 41.0 Å². The van der Waals surface area contributed by atoms with Crippen molar-refractivity contribution in [2.45, 2.75) is 39.7 Å². The molecule has 0 spiro atoms. The summed E-state index contributed by atoms with van der Waals surface area (Å²) in [7, 11) is 0. The lowest BCUT2D eigenvalue weighted by molar-refractivity contribution is -0.136. The van der Waals surface area contributed by atoms with E-state index in [1.165, 1.54) is 6.92 Å². The number of likely N-dealkylation sites (tertiary alicyclic amines) is 1. The predicted molar refractivity (Wildman–Crippen MR) is 105 cm³/mol. The summed E-state index contributed by atoms with van der Waals surface area (Å²) in [5.74, 6) is 0.322. The Morgan fingerprint density at radius 3 is 2.29 bits per heavy atom. The summed E-state index contributed by atoms with van der Waals surface area (Å²) in [5.41, 5.74) is 0.647. The molecule has 1 fully saturated rings. The maximum atomic E-state index is 12.4. The van der Waals surface area contributed by atoms with Crippen molar-refractivity contribution in [2.24, 2.45) is 0 Å². The molecule has 1 aromatic rings. The summed E-state index contributed by atoms with van der Waals surface area (Å²) in [6, 6.07) is 7.02. The fourth-order valence-corrected chi connectivity index (χ4v) is 3.23. The van der Waals surface area contributed by atoms with Crippen LogP contribution in [0.1, 0.15) is 33.6 Å². The Hall–Kier alpha value is -2.77. The predicted octanol–water partition coefficient (Wildman–Crippen LogP) is 2.49. The summed E-state index contributed by atoms with van der Waals surface area (Å²) in [5, 5.41) is 2.81. The highest BCUT2D eigenvalue weighted by atomic mass is 16.6. The number of hydrogen-bond donors (Lipinski definition) is 1. The van der Waals surface area contributed by atoms with Gasteiger partial charge in [0.25, 0.3) is 0 Å². The largest absolute Gasteiger partial charge is 0.494 e. The van der Waals surface area contributed by atoms with Gasteiger partial charge in [-0.3, -0.25) is 9.59 Å². The van der Waals surface area contributed by atoms with Crippen molar-refractivity contribution in [1.29, 1.82) is 0 Å². The van der Waals surface area contributed by atoms with E-state index in [1.807, 2.05) is 6.92 Å². The van der Waals surface area contributed by atoms with Crippen molar-refractivity contribution in [3.63, 3.8) is 0 Å². The number of nitrogens with zero attached hydrogens (tertiary/aromatic N) is 2. The first-order valence-electron chi connectivity index (χ1n) is 9.66. The third-order valence-corrected chi connectivity index (χ3v) is 4.60. The molecule has 0 aliphatic carbocycles. The molecule has 8 heteroatoms. The molecule has 0 atom stereocenters. The van der Waals surface area contributed by atoms with E-state index in [2.05, 4.69) is 5.32 Å². The summed E-state index contributed by atoms with van der Waals surface area (Å²) in [6.45, 7) is 7.04. The first-order chi connectivity index (χ1) is 13.4. The Bertz CT molecular complexity index is 669. The van der Waals surface area contributed by atoms with Gasteiger partial charge in [-0.25, -0.2) is 4.79 Å². The third-order valence-electron chi connectivity index (χ3n) is 4.60. The van der Waals surface area contributed by atoms with Crippen LogP contribution in [0, 0.1) is 0 Å². The van der Waals surface area contributed by atoms with E-state index >= 15 is 0 Å². The molecule has 0 bridgehead atoms. The molecule has 1 aromatic carbocycles. The average molecular weight is 391 g/mol. The van der Waals surface area contributed by atoms with Gasteiger partial charge >= 0.3 is 6.09 Å². The number of anilines is 1. The quantitative estimate of drug-likeness (QED) is 0.771. The van der Waals surface area contributed by atoms with Crippen molar-refractivity contribution in [1.82, 2.24) is 9.80 Å². The number of nitrogens with one attached hydrogen (secondary N) is 1. The van der Waals surface area contributed by atoms with Crippen LogP contribution in [0.2, 0.25) is 0 Å². The Labute approximate surface area is 165 Å². The van der Waals surface area contributed by atoms with Crippen LogP contribution in [0.25, 0.3) is 0 Å². The van der Waals surface area contributed by atoms with Gasteiger partial charge in [0.05, 0.1) is 13.2 Å². The monoisotopic (exact) mass is 391 g/mol. The van der Waals surface area contributed by atoms with Crippen LogP contribution in [0.15, 0.2) is 24.3 Å². The van der Waals surface area contributed by atoms with Gasteiger partial charge in [-0.05, 0) is 51.0 Å². The highest BCUT2D eigenvalue weighted by molar-refractivity contribution is 5.94. The zero-order valence-corrected chi connectivity index (χ0v) is 16.8. The first-order valence-corrected chi connectivity index (χ1v) is 9.66. The van der Waals surface area contributed by atoms with Gasteiger partial charge < -0.3 is 24.6 Å². The second-order valence-electron chi connectivity index (χ2n) is 6.57. The van der Waals surface area contributed by atoms with Crippen molar-refractivity contribution in [2.75, 3.05) is 38.2 Å². The molecule has 0 aromatic heterocycles. The molecular formula is C20H29N3O5. The van der Waals surface area contributed by atoms with Crippen molar-refractivity contribution < 1.29 is 23.9 Å². The minimum Gasteiger partial charge on any atom is -0.494 e. The first kappa shape index (κ1) is 21.5. The van der Waals surface area contributed by atoms with E-state index < -0.39 is 0 Å². The van der Waals surface area contributed by atoms with Gasteiger partial charge in [-0.2, -0.15) is 0 Å². The summed E-state index contributed by atoms with van der Waals surface area (Å²) in [6.07, 6.45) is 0.910. The molecule has 1 aliphatic heterocycles. The number of hydrogen-bond acceptors (Lipinski definition) is 5. The lowest BCUT2D eigenvalue weighted by Gasteiger charge is -2.37. The maximum absolute atomic E-state index is 12.4. The van der Waals surface area contributed by atoms with Crippen molar-refractivity contribution in [3.05, 3.63) is 24.3 Å². The second kappa shape index (κ2) is 10.5. The Morgan fingerprint density at radius 1 is 1.11 bits per heavy atom. The van der Waals surface area contributed by atoms with Gasteiger partial charge in [-0.15, -0.1) is 0 Å². The van der Waals surface area contributed by atoms with Gasteiger partial charge in [0.2, 0.25) is 11.8 Å². The summed E-state index contributed by atoms with van der Waals surface area (Å²) in [4.78, 5) is 39.5. The minimum atomic E-state index is -0.330. The van der Waals surface area contributed by atoms with E-state index in [9.17, 15) is 14.4 Å². The Morgan fingerprint density at radius 2 is 1.75 bits per heavy atom. The van der Waals surface area contributed by atoms with Crippen LogP contribution >= 0.6 is 0 Å². The molecule has 28 heavy (non-hydrogen) atoms. The fraction of sp³-hybridized carbons (Fsp3) is 0.550. The van der Waals surface area contributed by atoms with E-state index in [0.717, 1.165) is 5.75 Å². The topological polar surface area (TPSA) is 88.2 Å². The number of rotatable bonds is 7. The van der Waals surface area contributed by atoms with Gasteiger partial charge in [0.1, 0.15) is 12.3 Å². The number of carbonyl (C=O) groups excluding carboxylic acids is 3. The molecule has 3 amide bonds. The average Bonchev–Trinajstić information content (AvgIpc) is 2.68. The van der Waals surface area contributed by atoms with Crippen molar-refractivity contribution in [3.8, 4) is 5.75 Å². The highest BCUT2D eigenvalue weighted by Gasteiger charge is 2.29. The molecule has 0 unspecified atom stereocenters. The molecule has 1 N–H and O–H groups in total. The molecule has 0 saturated carbocycles. The summed E-state index contributed by atoms with van der Waals surface area (Å²) < 4.78 is 10.4.